The fourth-order valence-corrected chi connectivity index (χ4v) is 19.9. The molecule has 0 aliphatic heterocycles. The van der Waals surface area contributed by atoms with E-state index < -0.39 is 259 Å². The van der Waals surface area contributed by atoms with Crippen LogP contribution in [0, 0.1) is 72.6 Å². The second kappa shape index (κ2) is 50.8. The van der Waals surface area contributed by atoms with E-state index in [1.807, 2.05) is 187 Å². The zero-order valence-corrected chi connectivity index (χ0v) is 91.1. The summed E-state index contributed by atoms with van der Waals surface area (Å²) in [4.78, 5) is 165. The fraction of sp³-hybridized carbons (Fsp3) is 0.216. The van der Waals surface area contributed by atoms with Crippen molar-refractivity contribution in [1.29, 1.82) is 0 Å². The number of benzene rings is 8. The molecule has 4 unspecified atom stereocenters. The number of carbonyl (C=O) groups excluding carboxylic acids is 10. The van der Waals surface area contributed by atoms with Crippen molar-refractivity contribution < 1.29 is 207 Å². The van der Waals surface area contributed by atoms with E-state index in [0.29, 0.717) is 69.8 Å². The summed E-state index contributed by atoms with van der Waals surface area (Å²) >= 11 is 17.6. The standard InChI is InChI=1S/C20H14F2I3NO11S.C20H15F2I2NO12S.C17H10F2I3NO9S.C17H12F2INO9S/c1-9(20(21,22)38(32,33)34)37-19(29)13-8-11(26(30)31)2-3-12(13)17(27)35-4-5-36-18(28)14-6-10(23)7-15(24)16(14)25;1-9(20(21,22)38(32,33)34)37-19(29)13-8-11(25(30)31)2-3-12(13)17(27)35-4-5-36-18(28)14-6-10(23)7-15(24)16(14)26;1-7(17(18,19)33(28,29)30)31-16(25)11-6-9(23(26)27)2-3-10(11)15(24)32-14-12(21)4-8(20)5-13(14)22;1-9(17(18,19)31(26,27)28)29-16(23)14-8-11(21(24)25)4-7-13(14)15(22)30-12-5-2-10(20)3-6-12/h2-3,6-9H,4-5H2,1H3,(H,32,33,34);2-3,6-9,26H,4-5H2,1H3,(H,32,33,34);2-7H,1H3,(H,28,29,30);2-9H,1H3,(H,26,27,28)/p-4. The van der Waals surface area contributed by atoms with Crippen LogP contribution >= 0.6 is 203 Å². The van der Waals surface area contributed by atoms with Crippen molar-refractivity contribution in [3.8, 4) is 17.2 Å². The van der Waals surface area contributed by atoms with Crippen molar-refractivity contribution in [1.82, 2.24) is 0 Å². The molecule has 0 spiro atoms. The molecule has 4 atom stereocenters. The lowest BCUT2D eigenvalue weighted by molar-refractivity contribution is -0.385. The molecule has 0 bridgehead atoms. The Morgan fingerprint density at radius 2 is 0.543 bits per heavy atom. The Hall–Kier alpha value is -8.49. The molecule has 0 saturated carbocycles. The predicted octanol–water partition coefficient (Wildman–Crippen LogP) is 14.7. The first-order valence-corrected chi connectivity index (χ1v) is 51.2. The maximum absolute atomic E-state index is 13.7. The smallest absolute Gasteiger partial charge is 0.370 e. The van der Waals surface area contributed by atoms with Gasteiger partial charge in [0.1, 0.15) is 43.5 Å². The lowest BCUT2D eigenvalue weighted by Crippen LogP contribution is -2.42. The number of halogens is 17. The molecule has 140 heavy (non-hydrogen) atoms. The normalized spacial score (nSPS) is 12.5. The van der Waals surface area contributed by atoms with Crippen LogP contribution in [0.25, 0.3) is 0 Å². The highest BCUT2D eigenvalue weighted by atomic mass is 127. The largest absolute Gasteiger partial charge is 0.743 e. The zero-order chi connectivity index (χ0) is 107. The van der Waals surface area contributed by atoms with Gasteiger partial charge in [0.05, 0.1) is 80.5 Å². The van der Waals surface area contributed by atoms with E-state index in [9.17, 15) is 181 Å². The Bertz CT molecular complexity index is 6550. The Kier molecular flexibility index (Phi) is 44.3. The van der Waals surface area contributed by atoms with Crippen molar-refractivity contribution in [2.24, 2.45) is 0 Å². The molecule has 8 aromatic carbocycles. The highest BCUT2D eigenvalue weighted by Crippen LogP contribution is 2.38. The van der Waals surface area contributed by atoms with Crippen LogP contribution in [0.3, 0.4) is 0 Å². The first kappa shape index (κ1) is 122. The van der Waals surface area contributed by atoms with E-state index in [4.69, 9.17) is 28.4 Å². The van der Waals surface area contributed by atoms with E-state index in [1.165, 1.54) is 18.2 Å². The summed E-state index contributed by atoms with van der Waals surface area (Å²) < 4.78 is 292. The Morgan fingerprint density at radius 3 is 0.821 bits per heavy atom. The molecule has 0 fully saturated rings. The number of nitrogens with zero attached hydrogens (tertiary/aromatic N) is 4. The minimum atomic E-state index is -6.25. The van der Waals surface area contributed by atoms with Gasteiger partial charge in [-0.05, 0) is 316 Å². The van der Waals surface area contributed by atoms with E-state index in [1.54, 1.807) is 59.0 Å². The molecule has 0 radical (unpaired) electrons. The van der Waals surface area contributed by atoms with Gasteiger partial charge in [-0.15, -0.1) is 0 Å². The van der Waals surface area contributed by atoms with Gasteiger partial charge in [-0.25, -0.2) is 81.6 Å². The topological polar surface area (TPSA) is 685 Å². The van der Waals surface area contributed by atoms with Crippen LogP contribution < -0.4 is 9.47 Å². The number of aromatic hydroxyl groups is 1. The molecule has 0 aromatic heterocycles. The van der Waals surface area contributed by atoms with Crippen molar-refractivity contribution >= 4 is 326 Å². The Balaban J connectivity index is 0.000000330. The van der Waals surface area contributed by atoms with Crippen molar-refractivity contribution in [3.63, 3.8) is 0 Å². The second-order valence-corrected chi connectivity index (χ2v) is 42.7. The van der Waals surface area contributed by atoms with Crippen molar-refractivity contribution in [3.05, 3.63) is 262 Å². The number of carbonyl (C=O) groups is 10. The summed E-state index contributed by atoms with van der Waals surface area (Å²) in [6.07, 6.45) is -11.1. The van der Waals surface area contributed by atoms with Crippen LogP contribution in [0.2, 0.25) is 0 Å². The summed E-state index contributed by atoms with van der Waals surface area (Å²) in [5.74, 6) is -13.7. The van der Waals surface area contributed by atoms with Crippen LogP contribution in [0.4, 0.5) is 57.9 Å². The molecule has 0 aliphatic carbocycles. The van der Waals surface area contributed by atoms with Gasteiger partial charge in [0, 0.05) is 70.0 Å². The maximum Gasteiger partial charge on any atom is 0.370 e. The third kappa shape index (κ3) is 32.8. The number of ether oxygens (including phenoxy) is 10. The number of hydrogen-bond donors (Lipinski definition) is 1. The van der Waals surface area contributed by atoms with Crippen molar-refractivity contribution in [2.45, 2.75) is 73.1 Å². The van der Waals surface area contributed by atoms with E-state index in [-0.39, 0.29) is 28.4 Å². The number of nitro benzene ring substituents is 4. The van der Waals surface area contributed by atoms with Crippen LogP contribution in [-0.4, -0.2) is 208 Å². The number of esters is 10. The summed E-state index contributed by atoms with van der Waals surface area (Å²) in [7, 11) is -24.9. The Morgan fingerprint density at radius 1 is 0.307 bits per heavy atom. The second-order valence-electron chi connectivity index (χ2n) is 26.2. The number of rotatable bonds is 34. The molecule has 1 N–H and O–H groups in total. The minimum Gasteiger partial charge on any atom is -0.743 e. The van der Waals surface area contributed by atoms with Crippen LogP contribution in [0.5, 0.6) is 17.2 Å². The van der Waals surface area contributed by atoms with E-state index in [2.05, 4.69) is 18.9 Å². The highest BCUT2D eigenvalue weighted by molar-refractivity contribution is 14.1. The summed E-state index contributed by atoms with van der Waals surface area (Å²) in [5.41, 5.74) is -8.77. The molecule has 45 nitrogen and oxygen atoms in total. The molecule has 0 amide bonds. The zero-order valence-electron chi connectivity index (χ0n) is 68.5. The number of alkyl halides is 8. The predicted molar refractivity (Wildman–Crippen MR) is 523 cm³/mol. The molecule has 0 aliphatic rings. The molecule has 66 heteroatoms. The van der Waals surface area contributed by atoms with Crippen LogP contribution in [-0.2, 0) is 78.4 Å². The average Bonchev–Trinajstić information content (AvgIpc) is 0.796. The molecule has 0 saturated heterocycles. The van der Waals surface area contributed by atoms with Gasteiger partial charge in [-0.2, -0.15) is 35.1 Å². The van der Waals surface area contributed by atoms with E-state index in [0.717, 1.165) is 62.8 Å². The van der Waals surface area contributed by atoms with Crippen LogP contribution in [0.1, 0.15) is 131 Å². The fourth-order valence-electron chi connectivity index (χ4n) is 9.67. The number of non-ortho nitro benzene ring substituents is 4. The SMILES string of the molecule is CC(OC(=O)c1cc([N+](=O)[O-])ccc1C(=O)OCCOC(=O)c1cc(I)cc(I)c1I)C(F)(F)S(=O)(=O)[O-].CC(OC(=O)c1cc([N+](=O)[O-])ccc1C(=O)OCCOC(=O)c1cc(I)cc(I)c1O)C(F)(F)S(=O)(=O)[O-].CC(OC(=O)c1cc([N+](=O)[O-])ccc1C(=O)Oc1c(I)cc(I)cc1I)C(F)(F)S(=O)(=O)[O-].CC(OC(=O)c1cc([N+](=O)[O-])ccc1C(=O)Oc1ccc(I)cc1)C(F)(F)S(=O)(=O)[O-]. The molecule has 8 aromatic rings. The first-order chi connectivity index (χ1) is 64.2. The first-order valence-electron chi connectivity index (χ1n) is 35.9. The monoisotopic (exact) mass is 3070 g/mol. The lowest BCUT2D eigenvalue weighted by Gasteiger charge is -2.25. The van der Waals surface area contributed by atoms with Crippen molar-refractivity contribution in [2.75, 3.05) is 26.4 Å². The van der Waals surface area contributed by atoms with Gasteiger partial charge in [0.2, 0.25) is 0 Å². The number of hydrogen-bond acceptors (Lipinski definition) is 41. The molecule has 756 valence electrons. The molecular formula is C74H47F8I9N4O41S4-4. The molecule has 0 heterocycles. The van der Waals surface area contributed by atoms with Crippen LogP contribution in [0.15, 0.2) is 133 Å². The van der Waals surface area contributed by atoms with Gasteiger partial charge in [0.15, 0.2) is 70.6 Å². The summed E-state index contributed by atoms with van der Waals surface area (Å²) in [6.45, 7) is -0.370. The Labute approximate surface area is 901 Å². The average molecular weight is 3070 g/mol. The van der Waals surface area contributed by atoms with Gasteiger partial charge in [-0.1, -0.05) is 0 Å². The van der Waals surface area contributed by atoms with Gasteiger partial charge < -0.3 is 70.7 Å². The van der Waals surface area contributed by atoms with Gasteiger partial charge in [-0.3, -0.25) is 40.5 Å². The minimum absolute atomic E-state index is 0.0560. The lowest BCUT2D eigenvalue weighted by atomic mass is 10.1. The molecule has 8 rings (SSSR count). The van der Waals surface area contributed by atoms with Gasteiger partial charge >= 0.3 is 80.7 Å². The van der Waals surface area contributed by atoms with Gasteiger partial charge in [0.25, 0.3) is 22.7 Å². The number of nitro groups is 4. The number of phenolic OH excluding ortho intramolecular Hbond substituents is 1. The summed E-state index contributed by atoms with van der Waals surface area (Å²) in [5, 5.41) is 34.2. The maximum atomic E-state index is 13.7. The third-order valence-electron chi connectivity index (χ3n) is 16.7. The summed E-state index contributed by atoms with van der Waals surface area (Å²) in [6, 6.07) is 24.5. The highest BCUT2D eigenvalue weighted by Gasteiger charge is 2.51. The quantitative estimate of drug-likeness (QED) is 0.00374. The third-order valence-corrected chi connectivity index (χ3v) is 28.8. The van der Waals surface area contributed by atoms with E-state index >= 15 is 0 Å². The number of phenols is 1. The molecular weight excluding hydrogens is 3020 g/mol.